The molecular formula is C17H26N4O2. The summed E-state index contributed by atoms with van der Waals surface area (Å²) in [6.45, 7) is 10.2. The van der Waals surface area contributed by atoms with Crippen LogP contribution in [0.2, 0.25) is 0 Å². The second-order valence-electron chi connectivity index (χ2n) is 6.67. The first-order valence-corrected chi connectivity index (χ1v) is 8.57. The molecule has 0 spiro atoms. The summed E-state index contributed by atoms with van der Waals surface area (Å²) < 4.78 is 11.8. The first kappa shape index (κ1) is 16.2. The summed E-state index contributed by atoms with van der Waals surface area (Å²) in [4.78, 5) is 15.4. The number of morpholine rings is 1. The molecule has 0 aromatic carbocycles. The molecule has 6 nitrogen and oxygen atoms in total. The molecule has 1 saturated heterocycles. The van der Waals surface area contributed by atoms with E-state index < -0.39 is 0 Å². The Morgan fingerprint density at radius 2 is 2.13 bits per heavy atom. The molecule has 1 aliphatic rings. The number of anilines is 1. The Morgan fingerprint density at radius 3 is 2.87 bits per heavy atom. The van der Waals surface area contributed by atoms with Gasteiger partial charge < -0.3 is 14.1 Å². The van der Waals surface area contributed by atoms with Crippen molar-refractivity contribution in [2.24, 2.45) is 5.92 Å². The first-order chi connectivity index (χ1) is 11.1. The summed E-state index contributed by atoms with van der Waals surface area (Å²) in [5.41, 5.74) is 1.31. The van der Waals surface area contributed by atoms with Gasteiger partial charge in [0, 0.05) is 20.0 Å². The van der Waals surface area contributed by atoms with Crippen molar-refractivity contribution in [1.82, 2.24) is 15.0 Å². The highest BCUT2D eigenvalue weighted by Gasteiger charge is 2.31. The molecule has 23 heavy (non-hydrogen) atoms. The Bertz CT molecular complexity index is 655. The third-order valence-corrected chi connectivity index (χ3v) is 4.40. The normalized spacial score (nSPS) is 22.2. The maximum absolute atomic E-state index is 6.29. The van der Waals surface area contributed by atoms with Gasteiger partial charge in [-0.25, -0.2) is 9.97 Å². The average molecular weight is 318 g/mol. The van der Waals surface area contributed by atoms with Crippen molar-refractivity contribution in [2.45, 2.75) is 59.2 Å². The number of ether oxygens (including phenoxy) is 1. The van der Waals surface area contributed by atoms with E-state index in [1.807, 2.05) is 6.92 Å². The lowest BCUT2D eigenvalue weighted by molar-refractivity contribution is -0.0520. The number of nitrogens with zero attached hydrogens (tertiary/aromatic N) is 4. The summed E-state index contributed by atoms with van der Waals surface area (Å²) in [5, 5.41) is 0. The molecule has 2 aromatic rings. The molecule has 3 heterocycles. The number of aryl methyl sites for hydroxylation is 1. The van der Waals surface area contributed by atoms with Gasteiger partial charge in [0.05, 0.1) is 12.2 Å². The molecule has 0 saturated carbocycles. The van der Waals surface area contributed by atoms with Crippen LogP contribution in [0.1, 0.15) is 45.9 Å². The SMILES string of the molecule is CCCC[C@@H]1CN(c2ncnc3oc(C)nc23)C[C@H](C(C)C)O1. The number of fused-ring (bicyclic) bond motifs is 1. The molecule has 0 amide bonds. The van der Waals surface area contributed by atoms with E-state index in [0.29, 0.717) is 17.5 Å². The van der Waals surface area contributed by atoms with Crippen LogP contribution in [0.3, 0.4) is 0 Å². The van der Waals surface area contributed by atoms with E-state index in [1.54, 1.807) is 6.33 Å². The third kappa shape index (κ3) is 3.47. The lowest BCUT2D eigenvalue weighted by Gasteiger charge is -2.40. The van der Waals surface area contributed by atoms with Crippen molar-refractivity contribution >= 4 is 17.0 Å². The number of aromatic nitrogens is 3. The van der Waals surface area contributed by atoms with Crippen molar-refractivity contribution in [1.29, 1.82) is 0 Å². The Balaban J connectivity index is 1.89. The van der Waals surface area contributed by atoms with Crippen LogP contribution >= 0.6 is 0 Å². The predicted molar refractivity (Wildman–Crippen MR) is 89.6 cm³/mol. The summed E-state index contributed by atoms with van der Waals surface area (Å²) in [6.07, 6.45) is 5.47. The van der Waals surface area contributed by atoms with Crippen LogP contribution in [0, 0.1) is 12.8 Å². The van der Waals surface area contributed by atoms with Gasteiger partial charge in [0.2, 0.25) is 0 Å². The minimum absolute atomic E-state index is 0.212. The van der Waals surface area contributed by atoms with Crippen LogP contribution in [0.4, 0.5) is 5.82 Å². The fourth-order valence-electron chi connectivity index (χ4n) is 3.08. The van der Waals surface area contributed by atoms with E-state index in [-0.39, 0.29) is 12.2 Å². The largest absolute Gasteiger partial charge is 0.422 e. The molecule has 0 radical (unpaired) electrons. The zero-order chi connectivity index (χ0) is 16.4. The van der Waals surface area contributed by atoms with Crippen molar-refractivity contribution in [3.63, 3.8) is 0 Å². The molecule has 0 N–H and O–H groups in total. The first-order valence-electron chi connectivity index (χ1n) is 8.57. The van der Waals surface area contributed by atoms with Gasteiger partial charge in [0.1, 0.15) is 6.33 Å². The standard InChI is InChI=1S/C17H26N4O2/c1-5-6-7-13-8-21(9-14(23-13)11(2)3)16-15-17(19-10-18-16)22-12(4)20-15/h10-11,13-14H,5-9H2,1-4H3/t13-,14-/m1/s1. The quantitative estimate of drug-likeness (QED) is 0.842. The topological polar surface area (TPSA) is 64.3 Å². The Labute approximate surface area is 137 Å². The smallest absolute Gasteiger partial charge is 0.252 e. The van der Waals surface area contributed by atoms with Crippen LogP contribution in [0.5, 0.6) is 0 Å². The second kappa shape index (κ2) is 6.83. The highest BCUT2D eigenvalue weighted by Crippen LogP contribution is 2.28. The highest BCUT2D eigenvalue weighted by molar-refractivity contribution is 5.81. The van der Waals surface area contributed by atoms with Gasteiger partial charge in [0.15, 0.2) is 17.2 Å². The van der Waals surface area contributed by atoms with E-state index >= 15 is 0 Å². The summed E-state index contributed by atoms with van der Waals surface area (Å²) in [5.74, 6) is 1.96. The Kier molecular flexibility index (Phi) is 4.80. The van der Waals surface area contributed by atoms with E-state index in [4.69, 9.17) is 9.15 Å². The van der Waals surface area contributed by atoms with Crippen LogP contribution in [-0.4, -0.2) is 40.2 Å². The van der Waals surface area contributed by atoms with Gasteiger partial charge in [-0.2, -0.15) is 4.98 Å². The number of unbranched alkanes of at least 4 members (excludes halogenated alkanes) is 1. The van der Waals surface area contributed by atoms with Gasteiger partial charge in [-0.1, -0.05) is 33.6 Å². The lowest BCUT2D eigenvalue weighted by atomic mass is 10.0. The fourth-order valence-corrected chi connectivity index (χ4v) is 3.08. The Morgan fingerprint density at radius 1 is 1.30 bits per heavy atom. The van der Waals surface area contributed by atoms with Gasteiger partial charge in [-0.3, -0.25) is 0 Å². The second-order valence-corrected chi connectivity index (χ2v) is 6.67. The van der Waals surface area contributed by atoms with E-state index in [2.05, 4.69) is 40.6 Å². The minimum Gasteiger partial charge on any atom is -0.422 e. The molecule has 2 atom stereocenters. The number of rotatable bonds is 5. The maximum atomic E-state index is 6.29. The number of hydrogen-bond acceptors (Lipinski definition) is 6. The highest BCUT2D eigenvalue weighted by atomic mass is 16.5. The minimum atomic E-state index is 0.212. The molecule has 1 aliphatic heterocycles. The Hall–Kier alpha value is -1.69. The number of oxazole rings is 1. The zero-order valence-electron chi connectivity index (χ0n) is 14.5. The van der Waals surface area contributed by atoms with Crippen LogP contribution in [-0.2, 0) is 4.74 Å². The van der Waals surface area contributed by atoms with Crippen LogP contribution < -0.4 is 4.90 Å². The molecule has 0 unspecified atom stereocenters. The fraction of sp³-hybridized carbons (Fsp3) is 0.706. The van der Waals surface area contributed by atoms with Crippen molar-refractivity contribution in [3.8, 4) is 0 Å². The van der Waals surface area contributed by atoms with E-state index in [1.165, 1.54) is 12.8 Å². The molecule has 3 rings (SSSR count). The molecule has 1 fully saturated rings. The van der Waals surface area contributed by atoms with E-state index in [9.17, 15) is 0 Å². The molecule has 0 bridgehead atoms. The summed E-state index contributed by atoms with van der Waals surface area (Å²) in [7, 11) is 0. The van der Waals surface area contributed by atoms with Gasteiger partial charge >= 0.3 is 0 Å². The summed E-state index contributed by atoms with van der Waals surface area (Å²) >= 11 is 0. The lowest BCUT2D eigenvalue weighted by Crippen LogP contribution is -2.50. The zero-order valence-corrected chi connectivity index (χ0v) is 14.5. The van der Waals surface area contributed by atoms with Crippen LogP contribution in [0.15, 0.2) is 10.7 Å². The monoisotopic (exact) mass is 318 g/mol. The average Bonchev–Trinajstić information content (AvgIpc) is 2.92. The van der Waals surface area contributed by atoms with Crippen LogP contribution in [0.25, 0.3) is 11.2 Å². The molecular weight excluding hydrogens is 292 g/mol. The van der Waals surface area contributed by atoms with E-state index in [0.717, 1.165) is 30.8 Å². The molecule has 126 valence electrons. The van der Waals surface area contributed by atoms with Crippen molar-refractivity contribution in [2.75, 3.05) is 18.0 Å². The predicted octanol–water partition coefficient (Wildman–Crippen LogP) is 3.35. The summed E-state index contributed by atoms with van der Waals surface area (Å²) in [6, 6.07) is 0. The molecule has 0 aliphatic carbocycles. The third-order valence-electron chi connectivity index (χ3n) is 4.40. The molecule has 2 aromatic heterocycles. The van der Waals surface area contributed by atoms with Crippen molar-refractivity contribution in [3.05, 3.63) is 12.2 Å². The van der Waals surface area contributed by atoms with Gasteiger partial charge in [-0.05, 0) is 12.3 Å². The van der Waals surface area contributed by atoms with Gasteiger partial charge in [0.25, 0.3) is 5.71 Å². The van der Waals surface area contributed by atoms with Crippen molar-refractivity contribution < 1.29 is 9.15 Å². The molecule has 6 heteroatoms. The maximum Gasteiger partial charge on any atom is 0.252 e. The number of hydrogen-bond donors (Lipinski definition) is 0. The van der Waals surface area contributed by atoms with Gasteiger partial charge in [-0.15, -0.1) is 0 Å².